The topological polar surface area (TPSA) is 85.8 Å². The first-order valence-electron chi connectivity index (χ1n) is 8.34. The maximum atomic E-state index is 12.2. The third-order valence-electron chi connectivity index (χ3n) is 4.40. The van der Waals surface area contributed by atoms with Crippen LogP contribution in [0.1, 0.15) is 29.9 Å². The Bertz CT molecular complexity index is 925. The Morgan fingerprint density at radius 1 is 1.24 bits per heavy atom. The van der Waals surface area contributed by atoms with Gasteiger partial charge >= 0.3 is 0 Å². The van der Waals surface area contributed by atoms with E-state index in [1.807, 2.05) is 42.8 Å². The van der Waals surface area contributed by atoms with Crippen LogP contribution in [0, 0.1) is 12.8 Å². The van der Waals surface area contributed by atoms with Gasteiger partial charge in [-0.2, -0.15) is 0 Å². The maximum absolute atomic E-state index is 12.2. The number of amides is 1. The summed E-state index contributed by atoms with van der Waals surface area (Å²) in [4.78, 5) is 20.6. The van der Waals surface area contributed by atoms with Crippen LogP contribution in [0.25, 0.3) is 22.2 Å². The summed E-state index contributed by atoms with van der Waals surface area (Å²) in [6, 6.07) is 7.56. The Balaban J connectivity index is 2.00. The van der Waals surface area contributed by atoms with Gasteiger partial charge in [0.1, 0.15) is 17.8 Å². The van der Waals surface area contributed by atoms with Crippen LogP contribution in [0.4, 0.5) is 5.82 Å². The molecule has 0 aliphatic heterocycles. The van der Waals surface area contributed by atoms with Gasteiger partial charge in [0, 0.05) is 30.4 Å². The second-order valence-electron chi connectivity index (χ2n) is 6.66. The van der Waals surface area contributed by atoms with Crippen LogP contribution in [0.5, 0.6) is 0 Å². The number of nitrogens with two attached hydrogens (primary N) is 1. The fourth-order valence-electron chi connectivity index (χ4n) is 2.93. The van der Waals surface area contributed by atoms with Crippen molar-refractivity contribution in [1.29, 1.82) is 0 Å². The molecule has 0 aliphatic carbocycles. The van der Waals surface area contributed by atoms with E-state index < -0.39 is 0 Å². The highest BCUT2D eigenvalue weighted by atomic mass is 16.1. The summed E-state index contributed by atoms with van der Waals surface area (Å²) in [7, 11) is 1.96. The second kappa shape index (κ2) is 6.55. The number of nitrogens with one attached hydrogen (secondary N) is 1. The van der Waals surface area contributed by atoms with Crippen LogP contribution < -0.4 is 11.1 Å². The molecule has 3 rings (SSSR count). The van der Waals surface area contributed by atoms with Gasteiger partial charge in [-0.25, -0.2) is 9.97 Å². The normalized spacial score (nSPS) is 11.2. The van der Waals surface area contributed by atoms with Gasteiger partial charge in [-0.3, -0.25) is 4.79 Å². The highest BCUT2D eigenvalue weighted by Crippen LogP contribution is 2.35. The van der Waals surface area contributed by atoms with Crippen molar-refractivity contribution >= 4 is 22.8 Å². The molecule has 6 heteroatoms. The average molecular weight is 337 g/mol. The van der Waals surface area contributed by atoms with E-state index in [1.54, 1.807) is 0 Å². The molecule has 3 aromatic rings. The first-order chi connectivity index (χ1) is 11.9. The second-order valence-corrected chi connectivity index (χ2v) is 6.66. The number of hydrogen-bond acceptors (Lipinski definition) is 4. The van der Waals surface area contributed by atoms with Gasteiger partial charge in [0.15, 0.2) is 0 Å². The number of aromatic nitrogens is 3. The Hall–Kier alpha value is -2.89. The van der Waals surface area contributed by atoms with Crippen molar-refractivity contribution in [3.8, 4) is 11.1 Å². The van der Waals surface area contributed by atoms with Crippen LogP contribution >= 0.6 is 0 Å². The number of hydrogen-bond donors (Lipinski definition) is 2. The fraction of sp³-hybridized carbons (Fsp3) is 0.316. The lowest BCUT2D eigenvalue weighted by Crippen LogP contribution is -2.27. The van der Waals surface area contributed by atoms with Gasteiger partial charge in [0.25, 0.3) is 5.91 Å². The predicted octanol–water partition coefficient (Wildman–Crippen LogP) is 2.91. The first-order valence-corrected chi connectivity index (χ1v) is 8.34. The minimum Gasteiger partial charge on any atom is -0.383 e. The lowest BCUT2D eigenvalue weighted by molar-refractivity contribution is 0.0949. The van der Waals surface area contributed by atoms with Crippen molar-refractivity contribution in [1.82, 2.24) is 19.9 Å². The number of carbonyl (C=O) groups excluding carboxylic acids is 1. The van der Waals surface area contributed by atoms with Crippen LogP contribution in [-0.2, 0) is 7.05 Å². The smallest absolute Gasteiger partial charge is 0.251 e. The van der Waals surface area contributed by atoms with Crippen molar-refractivity contribution in [3.05, 3.63) is 41.9 Å². The van der Waals surface area contributed by atoms with Crippen LogP contribution in [0.2, 0.25) is 0 Å². The molecule has 0 fully saturated rings. The molecular formula is C19H23N5O. The molecule has 6 nitrogen and oxygen atoms in total. The number of nitrogens with zero attached hydrogens (tertiary/aromatic N) is 3. The number of rotatable bonds is 4. The molecule has 3 N–H and O–H groups in total. The molecule has 1 aromatic carbocycles. The molecule has 0 saturated carbocycles. The Kier molecular flexibility index (Phi) is 4.44. The number of anilines is 1. The quantitative estimate of drug-likeness (QED) is 0.766. The van der Waals surface area contributed by atoms with Gasteiger partial charge < -0.3 is 15.6 Å². The minimum atomic E-state index is -0.0576. The van der Waals surface area contributed by atoms with Gasteiger partial charge in [0.2, 0.25) is 0 Å². The van der Waals surface area contributed by atoms with Crippen LogP contribution in [-0.4, -0.2) is 27.0 Å². The summed E-state index contributed by atoms with van der Waals surface area (Å²) < 4.78 is 2.01. The van der Waals surface area contributed by atoms with Gasteiger partial charge in [-0.05, 0) is 30.5 Å². The molecule has 1 amide bonds. The molecule has 0 bridgehead atoms. The average Bonchev–Trinajstić information content (AvgIpc) is 2.86. The highest BCUT2D eigenvalue weighted by molar-refractivity contribution is 6.03. The molecule has 2 aromatic heterocycles. The standard InChI is InChI=1S/C19H23N5O/c1-11(2)9-21-19(25)14-7-5-13(6-8-14)15-12(3)24(4)18-16(15)17(20)22-10-23-18/h5-8,10-11H,9H2,1-4H3,(H,21,25)(H2,20,22,23). The molecule has 0 spiro atoms. The summed E-state index contributed by atoms with van der Waals surface area (Å²) in [5.41, 5.74) is 10.6. The number of nitrogen functional groups attached to an aromatic ring is 1. The van der Waals surface area contributed by atoms with E-state index in [4.69, 9.17) is 5.73 Å². The monoisotopic (exact) mass is 337 g/mol. The SMILES string of the molecule is Cc1c(-c2ccc(C(=O)NCC(C)C)cc2)c2c(N)ncnc2n1C. The zero-order valence-corrected chi connectivity index (χ0v) is 15.0. The van der Waals surface area contributed by atoms with E-state index in [1.165, 1.54) is 6.33 Å². The van der Waals surface area contributed by atoms with E-state index in [-0.39, 0.29) is 5.91 Å². The molecular weight excluding hydrogens is 314 g/mol. The first kappa shape index (κ1) is 17.0. The lowest BCUT2D eigenvalue weighted by atomic mass is 10.0. The molecule has 0 radical (unpaired) electrons. The van der Waals surface area contributed by atoms with Crippen molar-refractivity contribution in [2.75, 3.05) is 12.3 Å². The van der Waals surface area contributed by atoms with Crippen LogP contribution in [0.15, 0.2) is 30.6 Å². The maximum Gasteiger partial charge on any atom is 0.251 e. The lowest BCUT2D eigenvalue weighted by Gasteiger charge is -2.09. The van der Waals surface area contributed by atoms with Gasteiger partial charge in [0.05, 0.1) is 5.39 Å². The molecule has 25 heavy (non-hydrogen) atoms. The van der Waals surface area contributed by atoms with E-state index in [9.17, 15) is 4.79 Å². The van der Waals surface area contributed by atoms with E-state index in [2.05, 4.69) is 29.1 Å². The summed E-state index contributed by atoms with van der Waals surface area (Å²) in [6.07, 6.45) is 1.48. The van der Waals surface area contributed by atoms with Crippen molar-refractivity contribution in [2.45, 2.75) is 20.8 Å². The largest absolute Gasteiger partial charge is 0.383 e. The number of aryl methyl sites for hydroxylation is 1. The molecule has 0 aliphatic rings. The number of carbonyl (C=O) groups is 1. The van der Waals surface area contributed by atoms with Crippen molar-refractivity contribution < 1.29 is 4.79 Å². The summed E-state index contributed by atoms with van der Waals surface area (Å²) in [5, 5.41) is 3.78. The number of benzene rings is 1. The molecule has 2 heterocycles. The molecule has 0 atom stereocenters. The zero-order chi connectivity index (χ0) is 18.1. The Labute approximate surface area is 147 Å². The Morgan fingerprint density at radius 2 is 1.92 bits per heavy atom. The summed E-state index contributed by atoms with van der Waals surface area (Å²) in [6.45, 7) is 6.83. The summed E-state index contributed by atoms with van der Waals surface area (Å²) >= 11 is 0. The van der Waals surface area contributed by atoms with Gasteiger partial charge in [-0.1, -0.05) is 26.0 Å². The zero-order valence-electron chi connectivity index (χ0n) is 15.0. The Morgan fingerprint density at radius 3 is 2.56 bits per heavy atom. The van der Waals surface area contributed by atoms with Gasteiger partial charge in [-0.15, -0.1) is 0 Å². The van der Waals surface area contributed by atoms with E-state index in [0.29, 0.717) is 23.8 Å². The van der Waals surface area contributed by atoms with Crippen molar-refractivity contribution in [3.63, 3.8) is 0 Å². The number of fused-ring (bicyclic) bond motifs is 1. The molecule has 130 valence electrons. The highest BCUT2D eigenvalue weighted by Gasteiger charge is 2.18. The minimum absolute atomic E-state index is 0.0576. The summed E-state index contributed by atoms with van der Waals surface area (Å²) in [5.74, 6) is 0.824. The third kappa shape index (κ3) is 3.07. The third-order valence-corrected chi connectivity index (χ3v) is 4.40. The molecule has 0 saturated heterocycles. The molecule has 0 unspecified atom stereocenters. The van der Waals surface area contributed by atoms with Crippen LogP contribution in [0.3, 0.4) is 0 Å². The predicted molar refractivity (Wildman–Crippen MR) is 100 cm³/mol. The van der Waals surface area contributed by atoms with E-state index >= 15 is 0 Å². The van der Waals surface area contributed by atoms with Crippen molar-refractivity contribution in [2.24, 2.45) is 13.0 Å². The fourth-order valence-corrected chi connectivity index (χ4v) is 2.93. The van der Waals surface area contributed by atoms with E-state index in [0.717, 1.165) is 27.9 Å².